The average Bonchev–Trinajstić information content (AvgIpc) is 2.49. The number of nitrogens with zero attached hydrogens (tertiary/aromatic N) is 2. The quantitative estimate of drug-likeness (QED) is 0.453. The van der Waals surface area contributed by atoms with Crippen LogP contribution in [0.5, 0.6) is 0 Å². The van der Waals surface area contributed by atoms with E-state index in [1.807, 2.05) is 0 Å². The fourth-order valence-corrected chi connectivity index (χ4v) is 6.44. The maximum Gasteiger partial charge on any atom is 0.324 e. The molecule has 0 saturated heterocycles. The third kappa shape index (κ3) is 2.59. The fraction of sp³-hybridized carbons (Fsp3) is 0.857. The summed E-state index contributed by atoms with van der Waals surface area (Å²) in [6, 6.07) is 0. The van der Waals surface area contributed by atoms with Gasteiger partial charge in [-0.05, 0) is 25.7 Å². The number of hydrogen-bond donors (Lipinski definition) is 0. The van der Waals surface area contributed by atoms with E-state index in [0.717, 1.165) is 44.7 Å². The molecule has 2 rings (SSSR count). The normalized spacial score (nSPS) is 23.8. The third-order valence-corrected chi connectivity index (χ3v) is 7.87. The molecule has 20 heavy (non-hydrogen) atoms. The van der Waals surface area contributed by atoms with Crippen molar-refractivity contribution in [3.8, 4) is 0 Å². The Balaban J connectivity index is 2.39. The first-order chi connectivity index (χ1) is 9.54. The lowest BCUT2D eigenvalue weighted by molar-refractivity contribution is -0.119. The minimum absolute atomic E-state index is 0.372. The van der Waals surface area contributed by atoms with Crippen LogP contribution in [0.25, 0.3) is 5.53 Å². The maximum atomic E-state index is 13.0. The Kier molecular flexibility index (Phi) is 4.76. The zero-order valence-electron chi connectivity index (χ0n) is 11.8. The predicted molar refractivity (Wildman–Crippen MR) is 76.3 cm³/mol. The van der Waals surface area contributed by atoms with Gasteiger partial charge in [-0.25, -0.2) is 8.42 Å². The van der Waals surface area contributed by atoms with Gasteiger partial charge in [-0.2, -0.15) is 4.79 Å². The van der Waals surface area contributed by atoms with Crippen molar-refractivity contribution < 1.29 is 18.0 Å². The van der Waals surface area contributed by atoms with Crippen LogP contribution in [0.1, 0.15) is 64.2 Å². The van der Waals surface area contributed by atoms with Gasteiger partial charge in [-0.3, -0.25) is 4.79 Å². The van der Waals surface area contributed by atoms with Gasteiger partial charge in [0, 0.05) is 0 Å². The lowest BCUT2D eigenvalue weighted by Crippen LogP contribution is -2.53. The lowest BCUT2D eigenvalue weighted by Gasteiger charge is -2.37. The molecular weight excluding hydrogens is 276 g/mol. The summed E-state index contributed by atoms with van der Waals surface area (Å²) < 4.78 is 24.7. The Morgan fingerprint density at radius 3 is 2.15 bits per heavy atom. The first kappa shape index (κ1) is 15.4. The van der Waals surface area contributed by atoms with E-state index in [-0.39, 0.29) is 0 Å². The summed E-state index contributed by atoms with van der Waals surface area (Å²) in [7, 11) is -3.52. The molecule has 0 amide bonds. The van der Waals surface area contributed by atoms with Crippen molar-refractivity contribution in [2.45, 2.75) is 74.2 Å². The predicted octanol–water partition coefficient (Wildman–Crippen LogP) is 2.31. The summed E-state index contributed by atoms with van der Waals surface area (Å²) in [5, 5.41) is -0.398. The van der Waals surface area contributed by atoms with E-state index in [9.17, 15) is 13.2 Å². The highest BCUT2D eigenvalue weighted by atomic mass is 32.2. The second kappa shape index (κ2) is 6.19. The number of sulfone groups is 1. The van der Waals surface area contributed by atoms with Gasteiger partial charge in [0.05, 0.1) is 5.25 Å². The van der Waals surface area contributed by atoms with Gasteiger partial charge in [0.2, 0.25) is 0 Å². The van der Waals surface area contributed by atoms with Crippen molar-refractivity contribution in [2.75, 3.05) is 0 Å². The van der Waals surface area contributed by atoms with Crippen LogP contribution in [-0.4, -0.2) is 35.2 Å². The van der Waals surface area contributed by atoms with Crippen LogP contribution in [0, 0.1) is 0 Å². The van der Waals surface area contributed by atoms with Crippen molar-refractivity contribution in [1.29, 1.82) is 0 Å². The van der Waals surface area contributed by atoms with Gasteiger partial charge < -0.3 is 5.53 Å². The van der Waals surface area contributed by atoms with Crippen LogP contribution < -0.4 is 0 Å². The fourth-order valence-electron chi connectivity index (χ4n) is 3.66. The SMILES string of the molecule is [N-]=[N+]=CC(=O)C1(S(=O)(=O)C2CCCCC2)CCCCC1. The molecule has 0 heterocycles. The summed E-state index contributed by atoms with van der Waals surface area (Å²) in [4.78, 5) is 15.1. The van der Waals surface area contributed by atoms with E-state index in [4.69, 9.17) is 5.53 Å². The van der Waals surface area contributed by atoms with Crippen molar-refractivity contribution in [3.63, 3.8) is 0 Å². The van der Waals surface area contributed by atoms with E-state index >= 15 is 0 Å². The topological polar surface area (TPSA) is 87.6 Å². The minimum atomic E-state index is -3.52. The zero-order valence-corrected chi connectivity index (χ0v) is 12.6. The second-order valence-electron chi connectivity index (χ2n) is 5.97. The molecule has 0 radical (unpaired) electrons. The Labute approximate surface area is 120 Å². The molecule has 0 atom stereocenters. The summed E-state index contributed by atoms with van der Waals surface area (Å²) in [6.07, 6.45) is 8.22. The molecule has 0 aromatic rings. The number of rotatable bonds is 4. The monoisotopic (exact) mass is 298 g/mol. The second-order valence-corrected chi connectivity index (χ2v) is 8.51. The summed E-state index contributed by atoms with van der Waals surface area (Å²) in [5.41, 5.74) is 8.61. The lowest BCUT2D eigenvalue weighted by atomic mass is 9.85. The molecule has 2 saturated carbocycles. The summed E-state index contributed by atoms with van der Waals surface area (Å²) in [6.45, 7) is 0. The number of carbonyl (C=O) groups is 1. The van der Waals surface area contributed by atoms with E-state index in [2.05, 4.69) is 4.79 Å². The average molecular weight is 298 g/mol. The van der Waals surface area contributed by atoms with Crippen molar-refractivity contribution in [1.82, 2.24) is 0 Å². The van der Waals surface area contributed by atoms with E-state index in [1.165, 1.54) is 0 Å². The Morgan fingerprint density at radius 1 is 1.05 bits per heavy atom. The molecule has 0 spiro atoms. The molecule has 5 nitrogen and oxygen atoms in total. The highest BCUT2D eigenvalue weighted by Crippen LogP contribution is 2.41. The highest BCUT2D eigenvalue weighted by Gasteiger charge is 2.54. The molecule has 0 aromatic carbocycles. The first-order valence-electron chi connectivity index (χ1n) is 7.50. The van der Waals surface area contributed by atoms with Crippen LogP contribution >= 0.6 is 0 Å². The zero-order chi connectivity index (χ0) is 14.6. The van der Waals surface area contributed by atoms with E-state index < -0.39 is 25.6 Å². The van der Waals surface area contributed by atoms with Gasteiger partial charge in [-0.15, -0.1) is 0 Å². The van der Waals surface area contributed by atoms with Crippen LogP contribution in [-0.2, 0) is 14.6 Å². The largest absolute Gasteiger partial charge is 0.361 e. The van der Waals surface area contributed by atoms with E-state index in [0.29, 0.717) is 25.7 Å². The molecule has 2 aliphatic rings. The van der Waals surface area contributed by atoms with Crippen molar-refractivity contribution in [3.05, 3.63) is 5.53 Å². The summed E-state index contributed by atoms with van der Waals surface area (Å²) in [5.74, 6) is -0.537. The van der Waals surface area contributed by atoms with Crippen LogP contribution in [0.4, 0.5) is 0 Å². The number of ketones is 1. The van der Waals surface area contributed by atoms with Gasteiger partial charge in [-0.1, -0.05) is 38.5 Å². The minimum Gasteiger partial charge on any atom is -0.361 e. The van der Waals surface area contributed by atoms with Crippen LogP contribution in [0.3, 0.4) is 0 Å². The molecular formula is C14H22N2O3S. The Hall–Kier alpha value is -1.00. The first-order valence-corrected chi connectivity index (χ1v) is 9.04. The molecule has 0 unspecified atom stereocenters. The molecule has 2 aliphatic carbocycles. The highest BCUT2D eigenvalue weighted by molar-refractivity contribution is 7.94. The molecule has 0 bridgehead atoms. The van der Waals surface area contributed by atoms with Gasteiger partial charge >= 0.3 is 6.21 Å². The summed E-state index contributed by atoms with van der Waals surface area (Å²) >= 11 is 0. The molecule has 6 heteroatoms. The van der Waals surface area contributed by atoms with Crippen LogP contribution in [0.2, 0.25) is 0 Å². The molecule has 0 N–H and O–H groups in total. The van der Waals surface area contributed by atoms with Gasteiger partial charge in [0.1, 0.15) is 4.75 Å². The number of Topliss-reactive ketones (excluding diaryl/α,β-unsaturated/α-hetero) is 1. The van der Waals surface area contributed by atoms with Crippen molar-refractivity contribution in [2.24, 2.45) is 0 Å². The van der Waals surface area contributed by atoms with E-state index in [1.54, 1.807) is 0 Å². The Bertz CT molecular complexity index is 509. The third-order valence-electron chi connectivity index (χ3n) is 4.82. The van der Waals surface area contributed by atoms with Crippen LogP contribution in [0.15, 0.2) is 0 Å². The number of hydrogen-bond acceptors (Lipinski definition) is 3. The Morgan fingerprint density at radius 2 is 1.60 bits per heavy atom. The smallest absolute Gasteiger partial charge is 0.324 e. The molecule has 0 aromatic heterocycles. The number of carbonyl (C=O) groups excluding carboxylic acids is 1. The van der Waals surface area contributed by atoms with Gasteiger partial charge in [0.25, 0.3) is 5.78 Å². The molecule has 2 fully saturated rings. The molecule has 112 valence electrons. The van der Waals surface area contributed by atoms with Gasteiger partial charge in [0.15, 0.2) is 9.84 Å². The van der Waals surface area contributed by atoms with Crippen molar-refractivity contribution >= 4 is 21.8 Å². The molecule has 0 aliphatic heterocycles. The standard InChI is InChI=1S/C14H22N2O3S/c15-16-11-13(17)14(9-5-2-6-10-14)20(18,19)12-7-3-1-4-8-12/h11-12H,1-10H2. The maximum absolute atomic E-state index is 13.0.